The average Bonchev–Trinajstić information content (AvgIpc) is 2.59. The maximum Gasteiger partial charge on any atom is 0.326 e. The van der Waals surface area contributed by atoms with E-state index in [1.807, 2.05) is 52.0 Å². The zero-order valence-electron chi connectivity index (χ0n) is 16.2. The van der Waals surface area contributed by atoms with Crippen LogP contribution >= 0.6 is 0 Å². The number of amides is 1. The zero-order chi connectivity index (χ0) is 20.0. The Morgan fingerprint density at radius 3 is 2.56 bits per heavy atom. The van der Waals surface area contributed by atoms with E-state index in [9.17, 15) is 14.7 Å². The summed E-state index contributed by atoms with van der Waals surface area (Å²) in [6.07, 6.45) is 3.29. The van der Waals surface area contributed by atoms with Gasteiger partial charge in [0, 0.05) is 31.0 Å². The van der Waals surface area contributed by atoms with Crippen molar-refractivity contribution in [3.8, 4) is 11.1 Å². The number of nitrogens with zero attached hydrogens (tertiary/aromatic N) is 1. The number of aromatic nitrogens is 1. The molecule has 1 aromatic carbocycles. The Morgan fingerprint density at radius 1 is 1.19 bits per heavy atom. The van der Waals surface area contributed by atoms with Gasteiger partial charge in [-0.2, -0.15) is 0 Å². The molecule has 0 radical (unpaired) electrons. The number of ether oxygens (including phenoxy) is 1. The summed E-state index contributed by atoms with van der Waals surface area (Å²) in [5.41, 5.74) is 2.81. The van der Waals surface area contributed by atoms with Gasteiger partial charge < -0.3 is 15.2 Å². The lowest BCUT2D eigenvalue weighted by Gasteiger charge is -2.21. The van der Waals surface area contributed by atoms with Crippen LogP contribution in [-0.2, 0) is 9.53 Å². The number of hydrogen-bond acceptors (Lipinski definition) is 4. The van der Waals surface area contributed by atoms with Crippen molar-refractivity contribution in [1.82, 2.24) is 10.3 Å². The quantitative estimate of drug-likeness (QED) is 0.779. The van der Waals surface area contributed by atoms with Gasteiger partial charge in [-0.05, 0) is 39.3 Å². The number of pyridine rings is 1. The van der Waals surface area contributed by atoms with Crippen molar-refractivity contribution in [2.24, 2.45) is 0 Å². The monoisotopic (exact) mass is 370 g/mol. The van der Waals surface area contributed by atoms with Crippen LogP contribution in [0.1, 0.15) is 43.1 Å². The van der Waals surface area contributed by atoms with E-state index in [1.54, 1.807) is 12.3 Å². The minimum absolute atomic E-state index is 0.184. The maximum atomic E-state index is 12.5. The fourth-order valence-electron chi connectivity index (χ4n) is 2.53. The Bertz CT molecular complexity index is 812. The van der Waals surface area contributed by atoms with Gasteiger partial charge in [-0.25, -0.2) is 4.79 Å². The smallest absolute Gasteiger partial charge is 0.326 e. The molecule has 0 saturated heterocycles. The summed E-state index contributed by atoms with van der Waals surface area (Å²) >= 11 is 0. The van der Waals surface area contributed by atoms with Gasteiger partial charge in [-0.3, -0.25) is 9.78 Å². The summed E-state index contributed by atoms with van der Waals surface area (Å²) in [4.78, 5) is 28.1. The normalized spacial score (nSPS) is 12.4. The SMILES string of the molecule is Cc1cccc(-c2cncc(C(=O)NC(CCOC(C)(C)C)C(=O)O)c2)c1. The molecule has 0 spiro atoms. The number of benzene rings is 1. The van der Waals surface area contributed by atoms with Crippen LogP contribution < -0.4 is 5.32 Å². The van der Waals surface area contributed by atoms with E-state index in [0.29, 0.717) is 5.56 Å². The van der Waals surface area contributed by atoms with Crippen molar-refractivity contribution >= 4 is 11.9 Å². The van der Waals surface area contributed by atoms with E-state index in [4.69, 9.17) is 4.74 Å². The van der Waals surface area contributed by atoms with Crippen LogP contribution in [0.3, 0.4) is 0 Å². The third-order valence-corrected chi connectivity index (χ3v) is 3.90. The van der Waals surface area contributed by atoms with Gasteiger partial charge in [-0.15, -0.1) is 0 Å². The fourth-order valence-corrected chi connectivity index (χ4v) is 2.53. The number of nitrogens with one attached hydrogen (secondary N) is 1. The van der Waals surface area contributed by atoms with Crippen LogP contribution in [0.2, 0.25) is 0 Å². The number of carboxylic acids is 1. The molecule has 0 bridgehead atoms. The second kappa shape index (κ2) is 8.77. The first-order chi connectivity index (χ1) is 12.7. The highest BCUT2D eigenvalue weighted by Crippen LogP contribution is 2.20. The van der Waals surface area contributed by atoms with Gasteiger partial charge in [0.05, 0.1) is 11.2 Å². The van der Waals surface area contributed by atoms with Crippen molar-refractivity contribution in [2.75, 3.05) is 6.61 Å². The number of hydrogen-bond donors (Lipinski definition) is 2. The number of rotatable bonds is 7. The Kier molecular flexibility index (Phi) is 6.69. The summed E-state index contributed by atoms with van der Waals surface area (Å²) in [7, 11) is 0. The molecule has 1 aromatic heterocycles. The number of carbonyl (C=O) groups excluding carboxylic acids is 1. The van der Waals surface area contributed by atoms with E-state index in [2.05, 4.69) is 10.3 Å². The van der Waals surface area contributed by atoms with Gasteiger partial charge in [0.1, 0.15) is 6.04 Å². The molecule has 0 aliphatic carbocycles. The Balaban J connectivity index is 2.09. The van der Waals surface area contributed by atoms with Crippen LogP contribution in [0, 0.1) is 6.92 Å². The standard InChI is InChI=1S/C21H26N2O4/c1-14-6-5-7-15(10-14)16-11-17(13-22-12-16)19(24)23-18(20(25)26)8-9-27-21(2,3)4/h5-7,10-13,18H,8-9H2,1-4H3,(H,23,24)(H,25,26). The third-order valence-electron chi connectivity index (χ3n) is 3.90. The Morgan fingerprint density at radius 2 is 1.93 bits per heavy atom. The van der Waals surface area contributed by atoms with Crippen molar-refractivity contribution in [1.29, 1.82) is 0 Å². The first-order valence-electron chi connectivity index (χ1n) is 8.85. The van der Waals surface area contributed by atoms with E-state index < -0.39 is 17.9 Å². The number of aryl methyl sites for hydroxylation is 1. The minimum Gasteiger partial charge on any atom is -0.480 e. The van der Waals surface area contributed by atoms with Crippen molar-refractivity contribution in [3.05, 3.63) is 53.9 Å². The van der Waals surface area contributed by atoms with E-state index >= 15 is 0 Å². The molecule has 2 rings (SSSR count). The van der Waals surface area contributed by atoms with Crippen LogP contribution in [0.15, 0.2) is 42.7 Å². The molecule has 1 atom stereocenters. The Labute approximate surface area is 159 Å². The van der Waals surface area contributed by atoms with E-state index in [1.165, 1.54) is 6.20 Å². The topological polar surface area (TPSA) is 88.5 Å². The molecule has 27 heavy (non-hydrogen) atoms. The predicted octanol–water partition coefficient (Wildman–Crippen LogP) is 3.45. The maximum absolute atomic E-state index is 12.5. The molecular formula is C21H26N2O4. The number of carbonyl (C=O) groups is 2. The lowest BCUT2D eigenvalue weighted by atomic mass is 10.0. The van der Waals surface area contributed by atoms with E-state index in [-0.39, 0.29) is 18.6 Å². The highest BCUT2D eigenvalue weighted by Gasteiger charge is 2.22. The Hall–Kier alpha value is -2.73. The summed E-state index contributed by atoms with van der Waals surface area (Å²) in [6.45, 7) is 7.91. The first kappa shape index (κ1) is 20.6. The van der Waals surface area contributed by atoms with Gasteiger partial charge >= 0.3 is 5.97 Å². The van der Waals surface area contributed by atoms with Crippen molar-refractivity contribution < 1.29 is 19.4 Å². The van der Waals surface area contributed by atoms with Crippen molar-refractivity contribution in [2.45, 2.75) is 45.8 Å². The second-order valence-electron chi connectivity index (χ2n) is 7.45. The molecule has 1 heterocycles. The molecule has 0 fully saturated rings. The zero-order valence-corrected chi connectivity index (χ0v) is 16.2. The van der Waals surface area contributed by atoms with Gasteiger partial charge in [0.2, 0.25) is 0 Å². The predicted molar refractivity (Wildman–Crippen MR) is 104 cm³/mol. The van der Waals surface area contributed by atoms with Crippen molar-refractivity contribution in [3.63, 3.8) is 0 Å². The number of carboxylic acid groups (broad SMARTS) is 1. The average molecular weight is 370 g/mol. The van der Waals surface area contributed by atoms with Crippen LogP contribution in [0.4, 0.5) is 0 Å². The minimum atomic E-state index is -1.09. The molecule has 6 heteroatoms. The summed E-state index contributed by atoms with van der Waals surface area (Å²) in [5, 5.41) is 11.9. The summed E-state index contributed by atoms with van der Waals surface area (Å²) in [6, 6.07) is 8.56. The lowest BCUT2D eigenvalue weighted by Crippen LogP contribution is -2.42. The molecule has 2 aromatic rings. The molecule has 144 valence electrons. The molecule has 1 amide bonds. The van der Waals surface area contributed by atoms with Crippen LogP contribution in [0.25, 0.3) is 11.1 Å². The molecule has 0 aliphatic heterocycles. The highest BCUT2D eigenvalue weighted by atomic mass is 16.5. The number of aliphatic carboxylic acids is 1. The van der Waals surface area contributed by atoms with Crippen LogP contribution in [0.5, 0.6) is 0 Å². The van der Waals surface area contributed by atoms with Gasteiger partial charge in [-0.1, -0.05) is 29.8 Å². The molecule has 6 nitrogen and oxygen atoms in total. The molecule has 1 unspecified atom stereocenters. The second-order valence-corrected chi connectivity index (χ2v) is 7.45. The van der Waals surface area contributed by atoms with Crippen LogP contribution in [-0.4, -0.2) is 40.2 Å². The highest BCUT2D eigenvalue weighted by molar-refractivity contribution is 5.97. The summed E-state index contributed by atoms with van der Waals surface area (Å²) < 4.78 is 5.56. The van der Waals surface area contributed by atoms with E-state index in [0.717, 1.165) is 16.7 Å². The largest absolute Gasteiger partial charge is 0.480 e. The molecule has 0 aliphatic rings. The molecular weight excluding hydrogens is 344 g/mol. The fraction of sp³-hybridized carbons (Fsp3) is 0.381. The van der Waals surface area contributed by atoms with Gasteiger partial charge in [0.15, 0.2) is 0 Å². The summed E-state index contributed by atoms with van der Waals surface area (Å²) in [5.74, 6) is -1.57. The third kappa shape index (κ3) is 6.49. The van der Waals surface area contributed by atoms with Gasteiger partial charge in [0.25, 0.3) is 5.91 Å². The molecule has 0 saturated carbocycles. The molecule has 2 N–H and O–H groups in total. The lowest BCUT2D eigenvalue weighted by molar-refractivity contribution is -0.140. The first-order valence-corrected chi connectivity index (χ1v) is 8.85.